The van der Waals surface area contributed by atoms with Gasteiger partial charge in [-0.1, -0.05) is 34.8 Å². The molecule has 0 atom stereocenters. The van der Waals surface area contributed by atoms with Crippen molar-refractivity contribution in [2.45, 2.75) is 26.4 Å². The molecule has 6 heteroatoms. The first-order valence-electron chi connectivity index (χ1n) is 3.89. The van der Waals surface area contributed by atoms with Gasteiger partial charge >= 0.3 is 6.09 Å². The Morgan fingerprint density at radius 3 is 2.14 bits per heavy atom. The Kier molecular flexibility index (Phi) is 5.64. The zero-order valence-corrected chi connectivity index (χ0v) is 10.4. The molecule has 0 aliphatic rings. The quantitative estimate of drug-likeness (QED) is 0.826. The maximum Gasteiger partial charge on any atom is 0.407 e. The molecule has 0 aromatic rings. The van der Waals surface area contributed by atoms with Crippen LogP contribution in [0.4, 0.5) is 4.79 Å². The van der Waals surface area contributed by atoms with E-state index in [1.807, 2.05) is 0 Å². The van der Waals surface area contributed by atoms with Crippen LogP contribution in [0.5, 0.6) is 0 Å². The summed E-state index contributed by atoms with van der Waals surface area (Å²) < 4.78 is 4.88. The van der Waals surface area contributed by atoms with Crippen LogP contribution in [-0.2, 0) is 4.74 Å². The molecular weight excluding hydrogens is 248 g/mol. The second-order valence-corrected chi connectivity index (χ2v) is 4.93. The number of alkyl carbamates (subject to hydrolysis) is 1. The van der Waals surface area contributed by atoms with Crippen LogP contribution in [0.1, 0.15) is 20.8 Å². The molecular formula is C8H12Cl3NO2. The number of hydrogen-bond acceptors (Lipinski definition) is 2. The molecule has 0 heterocycles. The van der Waals surface area contributed by atoms with Crippen LogP contribution >= 0.6 is 34.8 Å². The zero-order chi connectivity index (χ0) is 11.4. The van der Waals surface area contributed by atoms with Gasteiger partial charge in [-0.05, 0) is 20.8 Å². The van der Waals surface area contributed by atoms with E-state index in [4.69, 9.17) is 39.5 Å². The number of carbonyl (C=O) groups excluding carboxylic acids is 1. The molecule has 0 fully saturated rings. The summed E-state index contributed by atoms with van der Waals surface area (Å²) in [6.45, 7) is 5.34. The summed E-state index contributed by atoms with van der Waals surface area (Å²) in [6, 6.07) is 0. The maximum atomic E-state index is 11.1. The van der Waals surface area contributed by atoms with E-state index < -0.39 is 11.7 Å². The normalized spacial score (nSPS) is 10.7. The third kappa shape index (κ3) is 7.30. The van der Waals surface area contributed by atoms with Gasteiger partial charge in [0.2, 0.25) is 0 Å². The van der Waals surface area contributed by atoms with Crippen LogP contribution in [0.15, 0.2) is 9.52 Å². The Balaban J connectivity index is 3.94. The van der Waals surface area contributed by atoms with Crippen LogP contribution in [0, 0.1) is 0 Å². The second-order valence-electron chi connectivity index (χ2n) is 3.52. The summed E-state index contributed by atoms with van der Waals surface area (Å²) in [5.41, 5.74) is -0.537. The first kappa shape index (κ1) is 13.9. The van der Waals surface area contributed by atoms with E-state index >= 15 is 0 Å². The van der Waals surface area contributed by atoms with E-state index in [1.54, 1.807) is 20.8 Å². The van der Waals surface area contributed by atoms with Gasteiger partial charge in [0.25, 0.3) is 0 Å². The molecule has 0 aliphatic heterocycles. The summed E-state index contributed by atoms with van der Waals surface area (Å²) in [5, 5.41) is 2.57. The third-order valence-corrected chi connectivity index (χ3v) is 1.96. The molecule has 82 valence electrons. The van der Waals surface area contributed by atoms with E-state index in [0.29, 0.717) is 0 Å². The molecule has 0 bridgehead atoms. The van der Waals surface area contributed by atoms with Gasteiger partial charge in [-0.25, -0.2) is 4.79 Å². The third-order valence-electron chi connectivity index (χ3n) is 0.992. The van der Waals surface area contributed by atoms with Crippen LogP contribution < -0.4 is 5.32 Å². The number of carbonyl (C=O) groups is 1. The number of amides is 1. The molecule has 0 radical (unpaired) electrons. The van der Waals surface area contributed by atoms with Crippen molar-refractivity contribution in [3.05, 3.63) is 9.52 Å². The van der Waals surface area contributed by atoms with E-state index in [9.17, 15) is 4.79 Å². The Labute approximate surface area is 98.3 Å². The lowest BCUT2D eigenvalue weighted by Gasteiger charge is -2.19. The lowest BCUT2D eigenvalue weighted by molar-refractivity contribution is 0.0533. The van der Waals surface area contributed by atoms with E-state index in [0.717, 1.165) is 0 Å². The molecule has 0 unspecified atom stereocenters. The summed E-state index contributed by atoms with van der Waals surface area (Å²) in [6.07, 6.45) is -0.565. The predicted molar refractivity (Wildman–Crippen MR) is 58.8 cm³/mol. The minimum Gasteiger partial charge on any atom is -0.444 e. The average Bonchev–Trinajstić information content (AvgIpc) is 1.96. The number of rotatable bonds is 2. The van der Waals surface area contributed by atoms with Crippen LogP contribution in [0.25, 0.3) is 0 Å². The van der Waals surface area contributed by atoms with E-state index in [1.165, 1.54) is 0 Å². The van der Waals surface area contributed by atoms with Gasteiger partial charge in [-0.2, -0.15) is 0 Å². The lowest BCUT2D eigenvalue weighted by Crippen LogP contribution is -2.33. The van der Waals surface area contributed by atoms with Gasteiger partial charge in [-0.15, -0.1) is 0 Å². The average molecular weight is 261 g/mol. The van der Waals surface area contributed by atoms with Crippen molar-refractivity contribution in [2.24, 2.45) is 0 Å². The number of hydrogen-bond donors (Lipinski definition) is 1. The first-order chi connectivity index (χ1) is 6.22. The minimum atomic E-state index is -0.565. The minimum absolute atomic E-state index is 0.0544. The fraction of sp³-hybridized carbons (Fsp3) is 0.625. The van der Waals surface area contributed by atoms with Gasteiger partial charge < -0.3 is 10.1 Å². The largest absolute Gasteiger partial charge is 0.444 e. The molecule has 0 saturated carbocycles. The predicted octanol–water partition coefficient (Wildman–Crippen LogP) is 3.40. The molecule has 0 saturated heterocycles. The van der Waals surface area contributed by atoms with Crippen molar-refractivity contribution in [1.82, 2.24) is 5.32 Å². The highest BCUT2D eigenvalue weighted by Gasteiger charge is 2.15. The molecule has 0 rings (SSSR count). The fourth-order valence-corrected chi connectivity index (χ4v) is 0.731. The van der Waals surface area contributed by atoms with Crippen molar-refractivity contribution < 1.29 is 9.53 Å². The Morgan fingerprint density at radius 2 is 1.79 bits per heavy atom. The number of nitrogens with one attached hydrogen (secondary N) is 1. The highest BCUT2D eigenvalue weighted by atomic mass is 35.5. The fourth-order valence-electron chi connectivity index (χ4n) is 0.531. The summed E-state index contributed by atoms with van der Waals surface area (Å²) in [7, 11) is 0. The second kappa shape index (κ2) is 5.69. The first-order valence-corrected chi connectivity index (χ1v) is 5.02. The van der Waals surface area contributed by atoms with E-state index in [-0.39, 0.29) is 16.1 Å². The molecule has 0 aromatic heterocycles. The summed E-state index contributed by atoms with van der Waals surface area (Å²) >= 11 is 16.3. The molecule has 0 aliphatic carbocycles. The Bertz CT molecular complexity index is 241. The molecule has 0 spiro atoms. The smallest absolute Gasteiger partial charge is 0.407 e. The topological polar surface area (TPSA) is 38.3 Å². The van der Waals surface area contributed by atoms with Gasteiger partial charge in [0, 0.05) is 0 Å². The zero-order valence-electron chi connectivity index (χ0n) is 8.16. The van der Waals surface area contributed by atoms with Crippen molar-refractivity contribution in [3.63, 3.8) is 0 Å². The Morgan fingerprint density at radius 1 is 1.29 bits per heavy atom. The molecule has 1 amide bonds. The summed E-state index contributed by atoms with van der Waals surface area (Å²) in [4.78, 5) is 11.1. The van der Waals surface area contributed by atoms with Crippen LogP contribution in [0.3, 0.4) is 0 Å². The van der Waals surface area contributed by atoms with Gasteiger partial charge in [0.1, 0.15) is 10.1 Å². The highest BCUT2D eigenvalue weighted by Crippen LogP contribution is 2.16. The monoisotopic (exact) mass is 259 g/mol. The molecule has 1 N–H and O–H groups in total. The van der Waals surface area contributed by atoms with Crippen LogP contribution in [0.2, 0.25) is 0 Å². The Hall–Kier alpha value is -0.120. The summed E-state index contributed by atoms with van der Waals surface area (Å²) in [5.74, 6) is 0. The van der Waals surface area contributed by atoms with Gasteiger partial charge in [-0.3, -0.25) is 0 Å². The van der Waals surface area contributed by atoms with Crippen molar-refractivity contribution in [2.75, 3.05) is 6.54 Å². The number of ether oxygens (including phenoxy) is 1. The molecule has 0 aromatic carbocycles. The van der Waals surface area contributed by atoms with E-state index in [2.05, 4.69) is 5.32 Å². The molecule has 3 nitrogen and oxygen atoms in total. The highest BCUT2D eigenvalue weighted by molar-refractivity contribution is 6.59. The van der Waals surface area contributed by atoms with Crippen molar-refractivity contribution in [3.8, 4) is 0 Å². The molecule has 14 heavy (non-hydrogen) atoms. The lowest BCUT2D eigenvalue weighted by atomic mass is 10.2. The maximum absolute atomic E-state index is 11.1. The van der Waals surface area contributed by atoms with Gasteiger partial charge in [0.15, 0.2) is 0 Å². The van der Waals surface area contributed by atoms with Crippen molar-refractivity contribution in [1.29, 1.82) is 0 Å². The van der Waals surface area contributed by atoms with Crippen molar-refractivity contribution >= 4 is 40.9 Å². The standard InChI is InChI=1S/C8H12Cl3NO2/c1-8(2,3)14-7(13)12-4-5(9)6(10)11/h4H2,1-3H3,(H,12,13). The SMILES string of the molecule is CC(C)(C)OC(=O)NCC(Cl)=C(Cl)Cl. The van der Waals surface area contributed by atoms with Gasteiger partial charge in [0.05, 0.1) is 11.6 Å². The van der Waals surface area contributed by atoms with Crippen LogP contribution in [-0.4, -0.2) is 18.2 Å². The number of halogens is 3.